The van der Waals surface area contributed by atoms with Crippen molar-refractivity contribution in [3.63, 3.8) is 0 Å². The van der Waals surface area contributed by atoms with Crippen LogP contribution in [-0.2, 0) is 0 Å². The molecule has 1 unspecified atom stereocenters. The predicted octanol–water partition coefficient (Wildman–Crippen LogP) is 4.63. The Labute approximate surface area is 120 Å². The molecule has 2 aromatic carbocycles. The van der Waals surface area contributed by atoms with Gasteiger partial charge in [0.1, 0.15) is 5.82 Å². The van der Waals surface area contributed by atoms with Crippen LogP contribution in [0, 0.1) is 17.1 Å². The highest BCUT2D eigenvalue weighted by Crippen LogP contribution is 2.25. The zero-order valence-corrected chi connectivity index (χ0v) is 11.9. The molecule has 0 aromatic heterocycles. The van der Waals surface area contributed by atoms with E-state index in [-0.39, 0.29) is 11.9 Å². The van der Waals surface area contributed by atoms with E-state index in [1.54, 1.807) is 30.3 Å². The summed E-state index contributed by atoms with van der Waals surface area (Å²) < 4.78 is 14.5. The molecule has 2 aromatic rings. The molecule has 4 heteroatoms. The molecular weight excluding hydrogens is 307 g/mol. The molecule has 1 atom stereocenters. The summed E-state index contributed by atoms with van der Waals surface area (Å²) in [5, 5.41) is 12.1. The molecule has 0 bridgehead atoms. The molecule has 0 aliphatic carbocycles. The van der Waals surface area contributed by atoms with Gasteiger partial charge in [-0.05, 0) is 31.2 Å². The highest BCUT2D eigenvalue weighted by atomic mass is 79.9. The molecular formula is C15H12BrFN2. The number of nitrogens with one attached hydrogen (secondary N) is 1. The maximum atomic E-state index is 13.7. The highest BCUT2D eigenvalue weighted by Gasteiger charge is 2.10. The Morgan fingerprint density at radius 3 is 2.68 bits per heavy atom. The van der Waals surface area contributed by atoms with Crippen molar-refractivity contribution in [2.45, 2.75) is 13.0 Å². The van der Waals surface area contributed by atoms with Crippen molar-refractivity contribution in [1.82, 2.24) is 0 Å². The lowest BCUT2D eigenvalue weighted by Crippen LogP contribution is -2.08. The minimum absolute atomic E-state index is 0.179. The summed E-state index contributed by atoms with van der Waals surface area (Å²) in [6.45, 7) is 1.88. The van der Waals surface area contributed by atoms with Crippen molar-refractivity contribution in [3.8, 4) is 6.07 Å². The molecule has 0 radical (unpaired) electrons. The fourth-order valence-corrected chi connectivity index (χ4v) is 2.38. The predicted molar refractivity (Wildman–Crippen MR) is 77.3 cm³/mol. The van der Waals surface area contributed by atoms with Crippen molar-refractivity contribution < 1.29 is 4.39 Å². The van der Waals surface area contributed by atoms with Gasteiger partial charge in [0.15, 0.2) is 0 Å². The van der Waals surface area contributed by atoms with Crippen LogP contribution >= 0.6 is 15.9 Å². The maximum Gasteiger partial charge on any atom is 0.128 e. The van der Waals surface area contributed by atoms with Crippen LogP contribution in [-0.4, -0.2) is 0 Å². The lowest BCUT2D eigenvalue weighted by Gasteiger charge is -2.16. The standard InChI is InChI=1S/C15H12BrFN2/c1-10(14-4-2-3-5-15(14)17)19-13-7-11(9-18)6-12(16)8-13/h2-8,10,19H,1H3. The SMILES string of the molecule is CC(Nc1cc(Br)cc(C#N)c1)c1ccccc1F. The van der Waals surface area contributed by atoms with Gasteiger partial charge >= 0.3 is 0 Å². The smallest absolute Gasteiger partial charge is 0.128 e. The zero-order valence-electron chi connectivity index (χ0n) is 10.3. The van der Waals surface area contributed by atoms with Gasteiger partial charge in [0.2, 0.25) is 0 Å². The van der Waals surface area contributed by atoms with E-state index < -0.39 is 0 Å². The van der Waals surface area contributed by atoms with Gasteiger partial charge in [0.25, 0.3) is 0 Å². The Morgan fingerprint density at radius 2 is 2.00 bits per heavy atom. The van der Waals surface area contributed by atoms with Crippen molar-refractivity contribution in [3.05, 3.63) is 63.9 Å². The largest absolute Gasteiger partial charge is 0.378 e. The number of hydrogen-bond donors (Lipinski definition) is 1. The lowest BCUT2D eigenvalue weighted by molar-refractivity contribution is 0.600. The third-order valence-electron chi connectivity index (χ3n) is 2.78. The van der Waals surface area contributed by atoms with Crippen molar-refractivity contribution in [2.75, 3.05) is 5.32 Å². The summed E-state index contributed by atoms with van der Waals surface area (Å²) in [6, 6.07) is 13.9. The molecule has 0 aliphatic heterocycles. The van der Waals surface area contributed by atoms with E-state index in [0.717, 1.165) is 10.2 Å². The Balaban J connectivity index is 2.24. The van der Waals surface area contributed by atoms with Gasteiger partial charge in [-0.1, -0.05) is 34.1 Å². The number of nitrogens with zero attached hydrogens (tertiary/aromatic N) is 1. The first-order chi connectivity index (χ1) is 9.10. The van der Waals surface area contributed by atoms with E-state index >= 15 is 0 Å². The molecule has 1 N–H and O–H groups in total. The molecule has 0 amide bonds. The summed E-state index contributed by atoms with van der Waals surface area (Å²) in [5.74, 6) is -0.238. The molecule has 2 rings (SSSR count). The van der Waals surface area contributed by atoms with Gasteiger partial charge < -0.3 is 5.32 Å². The summed E-state index contributed by atoms with van der Waals surface area (Å²) in [6.07, 6.45) is 0. The number of hydrogen-bond acceptors (Lipinski definition) is 2. The average molecular weight is 319 g/mol. The van der Waals surface area contributed by atoms with Gasteiger partial charge in [0.05, 0.1) is 17.7 Å². The second-order valence-corrected chi connectivity index (χ2v) is 5.14. The molecule has 0 fully saturated rings. The van der Waals surface area contributed by atoms with Gasteiger partial charge in [-0.25, -0.2) is 4.39 Å². The Morgan fingerprint density at radius 1 is 1.26 bits per heavy atom. The zero-order chi connectivity index (χ0) is 13.8. The number of halogens is 2. The van der Waals surface area contributed by atoms with Crippen molar-refractivity contribution in [1.29, 1.82) is 5.26 Å². The fourth-order valence-electron chi connectivity index (χ4n) is 1.89. The molecule has 0 aliphatic rings. The Hall–Kier alpha value is -1.86. The van der Waals surface area contributed by atoms with Crippen LogP contribution in [0.4, 0.5) is 10.1 Å². The molecule has 0 heterocycles. The quantitative estimate of drug-likeness (QED) is 0.895. The van der Waals surface area contributed by atoms with Crippen LogP contribution in [0.25, 0.3) is 0 Å². The van der Waals surface area contributed by atoms with Gasteiger partial charge in [0, 0.05) is 15.7 Å². The van der Waals surface area contributed by atoms with Crippen LogP contribution in [0.15, 0.2) is 46.9 Å². The first-order valence-electron chi connectivity index (χ1n) is 5.82. The molecule has 2 nitrogen and oxygen atoms in total. The van der Waals surface area contributed by atoms with Crippen molar-refractivity contribution >= 4 is 21.6 Å². The molecule has 19 heavy (non-hydrogen) atoms. The number of benzene rings is 2. The van der Waals surface area contributed by atoms with Gasteiger partial charge in [-0.2, -0.15) is 5.26 Å². The topological polar surface area (TPSA) is 35.8 Å². The van der Waals surface area contributed by atoms with E-state index in [0.29, 0.717) is 11.1 Å². The second kappa shape index (κ2) is 5.85. The Bertz CT molecular complexity index is 634. The van der Waals surface area contributed by atoms with Crippen LogP contribution in [0.2, 0.25) is 0 Å². The third-order valence-corrected chi connectivity index (χ3v) is 3.24. The van der Waals surface area contributed by atoms with E-state index in [2.05, 4.69) is 27.3 Å². The fraction of sp³-hybridized carbons (Fsp3) is 0.133. The van der Waals surface area contributed by atoms with E-state index in [1.807, 2.05) is 13.0 Å². The minimum Gasteiger partial charge on any atom is -0.378 e. The monoisotopic (exact) mass is 318 g/mol. The van der Waals surface area contributed by atoms with Crippen molar-refractivity contribution in [2.24, 2.45) is 0 Å². The van der Waals surface area contributed by atoms with E-state index in [9.17, 15) is 4.39 Å². The van der Waals surface area contributed by atoms with Crippen LogP contribution in [0.1, 0.15) is 24.1 Å². The summed E-state index contributed by atoms with van der Waals surface area (Å²) in [7, 11) is 0. The van der Waals surface area contributed by atoms with Gasteiger partial charge in [-0.3, -0.25) is 0 Å². The number of rotatable bonds is 3. The summed E-state index contributed by atoms with van der Waals surface area (Å²) in [4.78, 5) is 0. The molecule has 0 spiro atoms. The summed E-state index contributed by atoms with van der Waals surface area (Å²) in [5.41, 5.74) is 1.93. The van der Waals surface area contributed by atoms with E-state index in [4.69, 9.17) is 5.26 Å². The van der Waals surface area contributed by atoms with Crippen LogP contribution in [0.3, 0.4) is 0 Å². The maximum absolute atomic E-state index is 13.7. The molecule has 96 valence electrons. The highest BCUT2D eigenvalue weighted by molar-refractivity contribution is 9.10. The molecule has 0 saturated heterocycles. The normalized spacial score (nSPS) is 11.7. The number of nitriles is 1. The molecule has 0 saturated carbocycles. The lowest BCUT2D eigenvalue weighted by atomic mass is 10.1. The number of anilines is 1. The first-order valence-corrected chi connectivity index (χ1v) is 6.61. The van der Waals surface area contributed by atoms with Crippen LogP contribution in [0.5, 0.6) is 0 Å². The minimum atomic E-state index is -0.238. The third kappa shape index (κ3) is 3.33. The average Bonchev–Trinajstić information content (AvgIpc) is 2.38. The van der Waals surface area contributed by atoms with E-state index in [1.165, 1.54) is 6.07 Å². The first kappa shape index (κ1) is 13.6. The summed E-state index contributed by atoms with van der Waals surface area (Å²) >= 11 is 3.35. The second-order valence-electron chi connectivity index (χ2n) is 4.23. The Kier molecular flexibility index (Phi) is 4.18. The van der Waals surface area contributed by atoms with Crippen LogP contribution < -0.4 is 5.32 Å². The van der Waals surface area contributed by atoms with Gasteiger partial charge in [-0.15, -0.1) is 0 Å².